The van der Waals surface area contributed by atoms with Gasteiger partial charge in [0.2, 0.25) is 0 Å². The Morgan fingerprint density at radius 1 is 1.24 bits per heavy atom. The highest BCUT2D eigenvalue weighted by Crippen LogP contribution is 2.34. The first-order valence-electron chi connectivity index (χ1n) is 7.53. The lowest BCUT2D eigenvalue weighted by molar-refractivity contribution is -0.137. The fourth-order valence-electron chi connectivity index (χ4n) is 2.17. The Balaban J connectivity index is 1.87. The van der Waals surface area contributed by atoms with Crippen LogP contribution in [0.2, 0.25) is 5.02 Å². The van der Waals surface area contributed by atoms with E-state index < -0.39 is 11.7 Å². The number of anilines is 2. The Morgan fingerprint density at radius 2 is 1.96 bits per heavy atom. The van der Waals surface area contributed by atoms with Gasteiger partial charge in [0.1, 0.15) is 17.3 Å². The maximum absolute atomic E-state index is 12.9. The summed E-state index contributed by atoms with van der Waals surface area (Å²) in [4.78, 5) is 20.3. The first-order chi connectivity index (χ1) is 11.7. The average molecular weight is 371 g/mol. The van der Waals surface area contributed by atoms with Crippen LogP contribution < -0.4 is 10.6 Å². The van der Waals surface area contributed by atoms with Gasteiger partial charge in [-0.3, -0.25) is 4.79 Å². The SMILES string of the molecule is Cc1nc(Nc2cc(C(F)(F)F)ccc2Cl)cc(C(=O)NC2CC2)n1. The smallest absolute Gasteiger partial charge is 0.348 e. The van der Waals surface area contributed by atoms with Crippen molar-refractivity contribution in [2.75, 3.05) is 5.32 Å². The van der Waals surface area contributed by atoms with Gasteiger partial charge in [-0.1, -0.05) is 11.6 Å². The number of hydrogen-bond donors (Lipinski definition) is 2. The highest BCUT2D eigenvalue weighted by Gasteiger charge is 2.31. The number of carbonyl (C=O) groups excluding carboxylic acids is 1. The molecule has 3 rings (SSSR count). The van der Waals surface area contributed by atoms with E-state index in [0.717, 1.165) is 31.0 Å². The van der Waals surface area contributed by atoms with E-state index in [-0.39, 0.29) is 34.2 Å². The number of nitrogens with one attached hydrogen (secondary N) is 2. The molecule has 1 saturated carbocycles. The summed E-state index contributed by atoms with van der Waals surface area (Å²) in [6.45, 7) is 1.59. The maximum atomic E-state index is 12.9. The minimum atomic E-state index is -4.49. The second kappa shape index (κ2) is 6.51. The third-order valence-electron chi connectivity index (χ3n) is 3.54. The van der Waals surface area contributed by atoms with Crippen LogP contribution >= 0.6 is 11.6 Å². The number of amides is 1. The molecule has 1 fully saturated rings. The number of nitrogens with zero attached hydrogens (tertiary/aromatic N) is 2. The van der Waals surface area contributed by atoms with Gasteiger partial charge in [0.25, 0.3) is 5.91 Å². The molecule has 0 saturated heterocycles. The fraction of sp³-hybridized carbons (Fsp3) is 0.312. The summed E-state index contributed by atoms with van der Waals surface area (Å²) < 4.78 is 38.6. The predicted molar refractivity (Wildman–Crippen MR) is 87.0 cm³/mol. The molecule has 25 heavy (non-hydrogen) atoms. The minimum absolute atomic E-state index is 0.0446. The summed E-state index contributed by atoms with van der Waals surface area (Å²) in [5, 5.41) is 5.63. The minimum Gasteiger partial charge on any atom is -0.348 e. The molecule has 0 atom stereocenters. The first kappa shape index (κ1) is 17.5. The number of halogens is 4. The molecule has 1 aromatic carbocycles. The van der Waals surface area contributed by atoms with E-state index in [9.17, 15) is 18.0 Å². The summed E-state index contributed by atoms with van der Waals surface area (Å²) in [6, 6.07) is 4.48. The van der Waals surface area contributed by atoms with Crippen LogP contribution in [-0.4, -0.2) is 21.9 Å². The van der Waals surface area contributed by atoms with Crippen molar-refractivity contribution in [3.8, 4) is 0 Å². The molecule has 1 aliphatic rings. The zero-order valence-electron chi connectivity index (χ0n) is 13.1. The van der Waals surface area contributed by atoms with Gasteiger partial charge in [0, 0.05) is 12.1 Å². The highest BCUT2D eigenvalue weighted by atomic mass is 35.5. The number of carbonyl (C=O) groups is 1. The fourth-order valence-corrected chi connectivity index (χ4v) is 2.34. The van der Waals surface area contributed by atoms with E-state index in [2.05, 4.69) is 20.6 Å². The summed E-state index contributed by atoms with van der Waals surface area (Å²) in [7, 11) is 0. The molecule has 5 nitrogen and oxygen atoms in total. The molecule has 0 spiro atoms. The molecule has 9 heteroatoms. The van der Waals surface area contributed by atoms with Crippen molar-refractivity contribution < 1.29 is 18.0 Å². The Hall–Kier alpha value is -2.35. The van der Waals surface area contributed by atoms with Gasteiger partial charge in [0.05, 0.1) is 16.3 Å². The third kappa shape index (κ3) is 4.39. The normalized spacial score (nSPS) is 14.3. The van der Waals surface area contributed by atoms with Crippen LogP contribution in [-0.2, 0) is 6.18 Å². The second-order valence-electron chi connectivity index (χ2n) is 5.75. The van der Waals surface area contributed by atoms with E-state index in [1.54, 1.807) is 6.92 Å². The molecule has 1 aliphatic carbocycles. The summed E-state index contributed by atoms with van der Waals surface area (Å²) in [5.41, 5.74) is -0.648. The lowest BCUT2D eigenvalue weighted by Gasteiger charge is -2.13. The van der Waals surface area contributed by atoms with Crippen LogP contribution in [0.1, 0.15) is 34.7 Å². The lowest BCUT2D eigenvalue weighted by Crippen LogP contribution is -2.26. The maximum Gasteiger partial charge on any atom is 0.416 e. The van der Waals surface area contributed by atoms with Gasteiger partial charge in [-0.25, -0.2) is 9.97 Å². The number of aromatic nitrogens is 2. The zero-order valence-corrected chi connectivity index (χ0v) is 13.9. The van der Waals surface area contributed by atoms with Crippen LogP contribution in [0.4, 0.5) is 24.7 Å². The monoisotopic (exact) mass is 370 g/mol. The van der Waals surface area contributed by atoms with Crippen LogP contribution in [0.3, 0.4) is 0 Å². The van der Waals surface area contributed by atoms with E-state index in [4.69, 9.17) is 11.6 Å². The highest BCUT2D eigenvalue weighted by molar-refractivity contribution is 6.33. The van der Waals surface area contributed by atoms with E-state index in [1.807, 2.05) is 0 Å². The predicted octanol–water partition coefficient (Wildman–Crippen LogP) is 4.09. The Morgan fingerprint density at radius 3 is 2.60 bits per heavy atom. The second-order valence-corrected chi connectivity index (χ2v) is 6.16. The standard InChI is InChI=1S/C16H14ClF3N4O/c1-8-21-13(15(25)23-10-3-4-10)7-14(22-8)24-12-6-9(16(18,19)20)2-5-11(12)17/h2,5-7,10H,3-4H2,1H3,(H,23,25)(H,21,22,24). The largest absolute Gasteiger partial charge is 0.416 e. The number of benzene rings is 1. The van der Waals surface area contributed by atoms with Crippen molar-refractivity contribution in [3.63, 3.8) is 0 Å². The quantitative estimate of drug-likeness (QED) is 0.850. The van der Waals surface area contributed by atoms with Gasteiger partial charge < -0.3 is 10.6 Å². The molecule has 0 bridgehead atoms. The van der Waals surface area contributed by atoms with Crippen molar-refractivity contribution in [3.05, 3.63) is 46.4 Å². The Kier molecular flexibility index (Phi) is 4.55. The zero-order chi connectivity index (χ0) is 18.2. The molecule has 0 aliphatic heterocycles. The van der Waals surface area contributed by atoms with Gasteiger partial charge in [-0.15, -0.1) is 0 Å². The molecule has 1 amide bonds. The Labute approximate surface area is 146 Å². The molecular formula is C16H14ClF3N4O. The molecule has 2 N–H and O–H groups in total. The number of alkyl halides is 3. The molecule has 2 aromatic rings. The number of hydrogen-bond acceptors (Lipinski definition) is 4. The van der Waals surface area contributed by atoms with Gasteiger partial charge in [0.15, 0.2) is 0 Å². The molecule has 0 radical (unpaired) electrons. The molecule has 1 aromatic heterocycles. The third-order valence-corrected chi connectivity index (χ3v) is 3.87. The van der Waals surface area contributed by atoms with Crippen molar-refractivity contribution in [1.82, 2.24) is 15.3 Å². The van der Waals surface area contributed by atoms with Crippen molar-refractivity contribution >= 4 is 29.0 Å². The van der Waals surface area contributed by atoms with E-state index >= 15 is 0 Å². The topological polar surface area (TPSA) is 66.9 Å². The van der Waals surface area contributed by atoms with Crippen LogP contribution in [0, 0.1) is 6.92 Å². The van der Waals surface area contributed by atoms with E-state index in [0.29, 0.717) is 5.82 Å². The Bertz CT molecular complexity index is 822. The van der Waals surface area contributed by atoms with Crippen molar-refractivity contribution in [2.45, 2.75) is 32.0 Å². The molecular weight excluding hydrogens is 357 g/mol. The summed E-state index contributed by atoms with van der Waals surface area (Å²) >= 11 is 5.96. The number of aryl methyl sites for hydroxylation is 1. The van der Waals surface area contributed by atoms with Gasteiger partial charge in [-0.05, 0) is 38.0 Å². The van der Waals surface area contributed by atoms with Crippen molar-refractivity contribution in [1.29, 1.82) is 0 Å². The molecule has 132 valence electrons. The van der Waals surface area contributed by atoms with Crippen molar-refractivity contribution in [2.24, 2.45) is 0 Å². The summed E-state index contributed by atoms with van der Waals surface area (Å²) in [6.07, 6.45) is -2.63. The molecule has 1 heterocycles. The average Bonchev–Trinajstić information content (AvgIpc) is 3.31. The van der Waals surface area contributed by atoms with Gasteiger partial charge >= 0.3 is 6.18 Å². The van der Waals surface area contributed by atoms with Crippen LogP contribution in [0.15, 0.2) is 24.3 Å². The van der Waals surface area contributed by atoms with Crippen LogP contribution in [0.25, 0.3) is 0 Å². The van der Waals surface area contributed by atoms with Crippen LogP contribution in [0.5, 0.6) is 0 Å². The van der Waals surface area contributed by atoms with Gasteiger partial charge in [-0.2, -0.15) is 13.2 Å². The first-order valence-corrected chi connectivity index (χ1v) is 7.90. The summed E-state index contributed by atoms with van der Waals surface area (Å²) in [5.74, 6) is 0.162. The molecule has 0 unspecified atom stereocenters. The lowest BCUT2D eigenvalue weighted by atomic mass is 10.2. The number of rotatable bonds is 4. The van der Waals surface area contributed by atoms with E-state index in [1.165, 1.54) is 6.07 Å².